The zero-order valence-electron chi connectivity index (χ0n) is 16.5. The van der Waals surface area contributed by atoms with Gasteiger partial charge in [0.2, 0.25) is 10.0 Å². The summed E-state index contributed by atoms with van der Waals surface area (Å²) in [5.74, 6) is 0.0122. The van der Waals surface area contributed by atoms with Gasteiger partial charge in [-0.25, -0.2) is 13.8 Å². The molecule has 2 N–H and O–H groups in total. The molecule has 156 valence electrons. The molecule has 9 nitrogen and oxygen atoms in total. The van der Waals surface area contributed by atoms with Crippen LogP contribution in [-0.4, -0.2) is 52.2 Å². The van der Waals surface area contributed by atoms with Gasteiger partial charge >= 0.3 is 0 Å². The van der Waals surface area contributed by atoms with Crippen molar-refractivity contribution in [3.05, 3.63) is 48.0 Å². The molecule has 0 aliphatic heterocycles. The van der Waals surface area contributed by atoms with Gasteiger partial charge < -0.3 is 14.6 Å². The maximum atomic E-state index is 12.4. The summed E-state index contributed by atoms with van der Waals surface area (Å²) >= 11 is 0. The smallest absolute Gasteiger partial charge is 0.260 e. The number of carbonyl (C=O) groups excluding carboxylic acids is 1. The number of sulfonamides is 1. The van der Waals surface area contributed by atoms with Gasteiger partial charge in [0.05, 0.1) is 31.9 Å². The van der Waals surface area contributed by atoms with Gasteiger partial charge in [0.15, 0.2) is 0 Å². The van der Waals surface area contributed by atoms with E-state index in [4.69, 9.17) is 9.47 Å². The molecule has 0 radical (unpaired) electrons. The van der Waals surface area contributed by atoms with Gasteiger partial charge in [0, 0.05) is 11.6 Å². The number of hydrogen-bond donors (Lipinski definition) is 2. The topological polar surface area (TPSA) is 118 Å². The molecule has 1 amide bonds. The highest BCUT2D eigenvalue weighted by atomic mass is 32.2. The molecule has 0 aromatic heterocycles. The van der Waals surface area contributed by atoms with Crippen molar-refractivity contribution in [1.29, 1.82) is 0 Å². The summed E-state index contributed by atoms with van der Waals surface area (Å²) in [6, 6.07) is 11.1. The minimum atomic E-state index is -3.82. The van der Waals surface area contributed by atoms with Crippen molar-refractivity contribution in [3.63, 3.8) is 0 Å². The van der Waals surface area contributed by atoms with Crippen molar-refractivity contribution in [2.75, 3.05) is 31.3 Å². The third-order valence-electron chi connectivity index (χ3n) is 3.98. The standard InChI is InChI=1S/C19H23N3O6S/c1-13(15-7-5-6-8-17(15)23)20-21-19(24)12-22(29(4,25)26)16-11-14(27-2)9-10-18(16)28-3/h5-11,23H,12H2,1-4H3,(H,21,24)/b20-13-. The molecule has 0 unspecified atom stereocenters. The third kappa shape index (κ3) is 5.61. The number of carbonyl (C=O) groups is 1. The third-order valence-corrected chi connectivity index (χ3v) is 5.11. The molecule has 0 bridgehead atoms. The first-order chi connectivity index (χ1) is 13.7. The average molecular weight is 421 g/mol. The number of phenolic OH excluding ortho intramolecular Hbond substituents is 1. The van der Waals surface area contributed by atoms with E-state index in [0.717, 1.165) is 10.6 Å². The number of aromatic hydroxyl groups is 1. The lowest BCUT2D eigenvalue weighted by Crippen LogP contribution is -2.39. The SMILES string of the molecule is COc1ccc(OC)c(N(CC(=O)N/N=C(/C)c2ccccc2O)S(C)(=O)=O)c1. The van der Waals surface area contributed by atoms with Crippen LogP contribution < -0.4 is 19.2 Å². The maximum absolute atomic E-state index is 12.4. The molecular formula is C19H23N3O6S. The van der Waals surface area contributed by atoms with E-state index in [1.165, 1.54) is 26.4 Å². The lowest BCUT2D eigenvalue weighted by molar-refractivity contribution is -0.119. The van der Waals surface area contributed by atoms with Crippen LogP contribution in [0.1, 0.15) is 12.5 Å². The van der Waals surface area contributed by atoms with E-state index >= 15 is 0 Å². The van der Waals surface area contributed by atoms with E-state index in [1.54, 1.807) is 37.3 Å². The highest BCUT2D eigenvalue weighted by Gasteiger charge is 2.24. The molecule has 0 aliphatic carbocycles. The fourth-order valence-corrected chi connectivity index (χ4v) is 3.38. The number of methoxy groups -OCH3 is 2. The van der Waals surface area contributed by atoms with Gasteiger partial charge in [0.25, 0.3) is 5.91 Å². The molecule has 2 aromatic carbocycles. The van der Waals surface area contributed by atoms with Crippen LogP contribution in [0.2, 0.25) is 0 Å². The Kier molecular flexibility index (Phi) is 7.05. The van der Waals surface area contributed by atoms with Crippen molar-refractivity contribution < 1.29 is 27.8 Å². The van der Waals surface area contributed by atoms with Crippen LogP contribution >= 0.6 is 0 Å². The van der Waals surface area contributed by atoms with Crippen molar-refractivity contribution in [3.8, 4) is 17.2 Å². The van der Waals surface area contributed by atoms with Gasteiger partial charge in [-0.05, 0) is 31.2 Å². The lowest BCUT2D eigenvalue weighted by Gasteiger charge is -2.23. The lowest BCUT2D eigenvalue weighted by atomic mass is 10.1. The van der Waals surface area contributed by atoms with E-state index in [9.17, 15) is 18.3 Å². The Hall–Kier alpha value is -3.27. The number of rotatable bonds is 8. The predicted molar refractivity (Wildman–Crippen MR) is 110 cm³/mol. The van der Waals surface area contributed by atoms with Crippen LogP contribution in [0.25, 0.3) is 0 Å². The summed E-state index contributed by atoms with van der Waals surface area (Å²) in [6.07, 6.45) is 0.982. The van der Waals surface area contributed by atoms with Gasteiger partial charge in [-0.15, -0.1) is 0 Å². The van der Waals surface area contributed by atoms with E-state index < -0.39 is 22.5 Å². The Morgan fingerprint density at radius 2 is 1.86 bits per heavy atom. The molecule has 2 aromatic rings. The quantitative estimate of drug-likeness (QED) is 0.495. The monoisotopic (exact) mass is 421 g/mol. The number of ether oxygens (including phenoxy) is 2. The van der Waals surface area contributed by atoms with Crippen LogP contribution in [0, 0.1) is 0 Å². The molecule has 0 fully saturated rings. The molecular weight excluding hydrogens is 398 g/mol. The number of para-hydroxylation sites is 1. The maximum Gasteiger partial charge on any atom is 0.260 e. The Bertz CT molecular complexity index is 1020. The summed E-state index contributed by atoms with van der Waals surface area (Å²) < 4.78 is 35.9. The largest absolute Gasteiger partial charge is 0.507 e. The van der Waals surface area contributed by atoms with Crippen LogP contribution in [0.4, 0.5) is 5.69 Å². The zero-order chi connectivity index (χ0) is 21.6. The fraction of sp³-hybridized carbons (Fsp3) is 0.263. The first-order valence-electron chi connectivity index (χ1n) is 8.48. The van der Waals surface area contributed by atoms with Crippen molar-refractivity contribution in [2.45, 2.75) is 6.92 Å². The molecule has 0 heterocycles. The minimum absolute atomic E-state index is 0.0156. The summed E-state index contributed by atoms with van der Waals surface area (Å²) in [7, 11) is -0.981. The highest BCUT2D eigenvalue weighted by molar-refractivity contribution is 7.92. The Morgan fingerprint density at radius 3 is 2.45 bits per heavy atom. The van der Waals surface area contributed by atoms with Crippen LogP contribution in [0.15, 0.2) is 47.6 Å². The molecule has 0 saturated carbocycles. The number of anilines is 1. The Balaban J connectivity index is 2.27. The predicted octanol–water partition coefficient (Wildman–Crippen LogP) is 1.72. The Labute approximate surface area is 169 Å². The average Bonchev–Trinajstić information content (AvgIpc) is 2.69. The molecule has 0 spiro atoms. The van der Waals surface area contributed by atoms with Crippen molar-refractivity contribution in [2.24, 2.45) is 5.10 Å². The molecule has 2 rings (SSSR count). The van der Waals surface area contributed by atoms with Gasteiger partial charge in [0.1, 0.15) is 23.8 Å². The van der Waals surface area contributed by atoms with Crippen LogP contribution in [-0.2, 0) is 14.8 Å². The summed E-state index contributed by atoms with van der Waals surface area (Å²) in [4.78, 5) is 12.4. The normalized spacial score (nSPS) is 11.7. The van der Waals surface area contributed by atoms with Crippen LogP contribution in [0.3, 0.4) is 0 Å². The summed E-state index contributed by atoms with van der Waals surface area (Å²) in [5.41, 5.74) is 3.27. The van der Waals surface area contributed by atoms with Gasteiger partial charge in [-0.1, -0.05) is 12.1 Å². The number of amides is 1. The minimum Gasteiger partial charge on any atom is -0.507 e. The van der Waals surface area contributed by atoms with Crippen LogP contribution in [0.5, 0.6) is 17.2 Å². The van der Waals surface area contributed by atoms with Gasteiger partial charge in [-0.2, -0.15) is 5.10 Å². The highest BCUT2D eigenvalue weighted by Crippen LogP contribution is 2.33. The second-order valence-electron chi connectivity index (χ2n) is 6.06. The molecule has 0 atom stereocenters. The van der Waals surface area contributed by atoms with Crippen molar-refractivity contribution in [1.82, 2.24) is 5.43 Å². The first kappa shape index (κ1) is 22.0. The number of nitrogens with zero attached hydrogens (tertiary/aromatic N) is 2. The van der Waals surface area contributed by atoms with E-state index in [0.29, 0.717) is 17.0 Å². The number of benzene rings is 2. The first-order valence-corrected chi connectivity index (χ1v) is 10.3. The number of phenols is 1. The fourth-order valence-electron chi connectivity index (χ4n) is 2.52. The molecule has 29 heavy (non-hydrogen) atoms. The zero-order valence-corrected chi connectivity index (χ0v) is 17.4. The Morgan fingerprint density at radius 1 is 1.17 bits per heavy atom. The van der Waals surface area contributed by atoms with Crippen molar-refractivity contribution >= 4 is 27.3 Å². The molecule has 0 saturated heterocycles. The summed E-state index contributed by atoms with van der Waals surface area (Å²) in [6.45, 7) is 1.08. The number of nitrogens with one attached hydrogen (secondary N) is 1. The van der Waals surface area contributed by atoms with E-state index in [1.807, 2.05) is 0 Å². The second kappa shape index (κ2) is 9.28. The molecule has 0 aliphatic rings. The van der Waals surface area contributed by atoms with Gasteiger partial charge in [-0.3, -0.25) is 9.10 Å². The number of hydrogen-bond acceptors (Lipinski definition) is 7. The molecule has 10 heteroatoms. The van der Waals surface area contributed by atoms with E-state index in [-0.39, 0.29) is 17.2 Å². The number of hydrazone groups is 1. The summed E-state index contributed by atoms with van der Waals surface area (Å²) in [5, 5.41) is 13.8. The van der Waals surface area contributed by atoms with E-state index in [2.05, 4.69) is 10.5 Å². The second-order valence-corrected chi connectivity index (χ2v) is 7.96.